The number of thioether (sulfide) groups is 1. The molecule has 1 N–H and O–H groups in total. The van der Waals surface area contributed by atoms with Crippen molar-refractivity contribution in [1.82, 2.24) is 15.0 Å². The number of carbonyl (C=O) groups is 1. The van der Waals surface area contributed by atoms with Gasteiger partial charge in [0.2, 0.25) is 5.89 Å². The largest absolute Gasteiger partial charge is 0.480 e. The lowest BCUT2D eigenvalue weighted by Gasteiger charge is -2.21. The first-order chi connectivity index (χ1) is 17.2. The van der Waals surface area contributed by atoms with E-state index in [-0.39, 0.29) is 0 Å². The van der Waals surface area contributed by atoms with Crippen molar-refractivity contribution in [3.63, 3.8) is 0 Å². The number of hydrogen-bond acceptors (Lipinski definition) is 7. The third-order valence-electron chi connectivity index (χ3n) is 5.89. The van der Waals surface area contributed by atoms with Crippen LogP contribution in [0.2, 0.25) is 0 Å². The molecule has 0 amide bonds. The van der Waals surface area contributed by atoms with Crippen molar-refractivity contribution in [2.75, 3.05) is 0 Å². The molecule has 0 fully saturated rings. The van der Waals surface area contributed by atoms with Gasteiger partial charge in [-0.15, -0.1) is 11.8 Å². The average Bonchev–Trinajstić information content (AvgIpc) is 3.49. The highest BCUT2D eigenvalue weighted by atomic mass is 32.2. The van der Waals surface area contributed by atoms with Gasteiger partial charge in [0.1, 0.15) is 10.5 Å². The topological polar surface area (TPSA) is 92.6 Å². The molecule has 0 atom stereocenters. The lowest BCUT2D eigenvalue weighted by atomic mass is 10.0. The van der Waals surface area contributed by atoms with Gasteiger partial charge in [0, 0.05) is 17.9 Å². The summed E-state index contributed by atoms with van der Waals surface area (Å²) in [5.74, 6) is 1.23. The van der Waals surface area contributed by atoms with Crippen LogP contribution in [0.5, 0.6) is 0 Å². The molecule has 8 heteroatoms. The van der Waals surface area contributed by atoms with E-state index < -0.39 is 10.7 Å². The van der Waals surface area contributed by atoms with Gasteiger partial charge < -0.3 is 14.0 Å². The Labute approximate surface area is 215 Å². The molecule has 0 radical (unpaired) electrons. The molecule has 7 nitrogen and oxygen atoms in total. The summed E-state index contributed by atoms with van der Waals surface area (Å²) < 4.78 is 10.3. The molecule has 188 valence electrons. The Morgan fingerprint density at radius 3 is 2.50 bits per heavy atom. The molecule has 0 saturated heterocycles. The van der Waals surface area contributed by atoms with Gasteiger partial charge in [-0.2, -0.15) is 4.98 Å². The fourth-order valence-electron chi connectivity index (χ4n) is 3.88. The molecule has 0 aliphatic rings. The van der Waals surface area contributed by atoms with Crippen LogP contribution in [0.3, 0.4) is 0 Å². The number of rotatable bonds is 11. The predicted molar refractivity (Wildman–Crippen MR) is 139 cm³/mol. The van der Waals surface area contributed by atoms with Gasteiger partial charge in [0.05, 0.1) is 19.4 Å². The molecule has 0 unspecified atom stereocenters. The van der Waals surface area contributed by atoms with Crippen LogP contribution in [-0.4, -0.2) is 30.9 Å². The van der Waals surface area contributed by atoms with E-state index in [1.54, 1.807) is 20.1 Å². The second-order valence-electron chi connectivity index (χ2n) is 9.50. The van der Waals surface area contributed by atoms with Gasteiger partial charge in [-0.25, -0.2) is 0 Å². The Kier molecular flexibility index (Phi) is 7.96. The van der Waals surface area contributed by atoms with Crippen molar-refractivity contribution >= 4 is 17.7 Å². The van der Waals surface area contributed by atoms with Crippen LogP contribution in [0, 0.1) is 13.8 Å². The smallest absolute Gasteiger partial charge is 0.319 e. The Morgan fingerprint density at radius 2 is 1.83 bits per heavy atom. The lowest BCUT2D eigenvalue weighted by molar-refractivity contribution is -0.138. The molecule has 0 spiro atoms. The Bertz CT molecular complexity index is 1300. The number of furan rings is 1. The molecule has 2 aromatic heterocycles. The van der Waals surface area contributed by atoms with Crippen LogP contribution in [0.4, 0.5) is 0 Å². The Morgan fingerprint density at radius 1 is 1.06 bits per heavy atom. The lowest BCUT2D eigenvalue weighted by Crippen LogP contribution is -2.26. The minimum atomic E-state index is -0.889. The molecular formula is C28H31N3O4S. The molecule has 0 bridgehead atoms. The number of carboxylic acids is 1. The number of carboxylic acid groups (broad SMARTS) is 1. The summed E-state index contributed by atoms with van der Waals surface area (Å²) >= 11 is 1.33. The highest BCUT2D eigenvalue weighted by Gasteiger charge is 2.28. The molecule has 0 aliphatic carbocycles. The second-order valence-corrected chi connectivity index (χ2v) is 11.2. The van der Waals surface area contributed by atoms with Crippen molar-refractivity contribution in [1.29, 1.82) is 0 Å². The molecule has 2 aromatic carbocycles. The summed E-state index contributed by atoms with van der Waals surface area (Å²) in [6, 6.07) is 18.2. The van der Waals surface area contributed by atoms with E-state index in [0.29, 0.717) is 37.8 Å². The monoisotopic (exact) mass is 505 g/mol. The van der Waals surface area contributed by atoms with Crippen molar-refractivity contribution in [2.24, 2.45) is 0 Å². The number of aromatic nitrogens is 2. The van der Waals surface area contributed by atoms with Gasteiger partial charge >= 0.3 is 5.97 Å². The molecule has 0 saturated carbocycles. The standard InChI is InChI=1S/C28H31N3O4S/c1-19-7-10-22(20(2)14-19)15-25-29-26(35-30-25)18-31(17-23-6-5-13-34-23)16-21-8-11-24(12-9-21)36-28(3,4)27(32)33/h5-14H,15-18H2,1-4H3,(H,32,33). The molecular weight excluding hydrogens is 474 g/mol. The molecule has 2 heterocycles. The molecule has 36 heavy (non-hydrogen) atoms. The summed E-state index contributed by atoms with van der Waals surface area (Å²) in [4.78, 5) is 19.2. The summed E-state index contributed by atoms with van der Waals surface area (Å²) in [5.41, 5.74) is 4.73. The summed E-state index contributed by atoms with van der Waals surface area (Å²) in [6.07, 6.45) is 2.29. The van der Waals surface area contributed by atoms with Gasteiger partial charge in [-0.05, 0) is 68.7 Å². The minimum Gasteiger partial charge on any atom is -0.480 e. The van der Waals surface area contributed by atoms with Crippen molar-refractivity contribution < 1.29 is 18.8 Å². The number of hydrogen-bond donors (Lipinski definition) is 1. The van der Waals surface area contributed by atoms with Crippen LogP contribution in [0.1, 0.15) is 53.6 Å². The van der Waals surface area contributed by atoms with Gasteiger partial charge in [0.25, 0.3) is 0 Å². The van der Waals surface area contributed by atoms with E-state index >= 15 is 0 Å². The van der Waals surface area contributed by atoms with Crippen LogP contribution < -0.4 is 0 Å². The summed E-state index contributed by atoms with van der Waals surface area (Å²) in [5, 5.41) is 13.6. The highest BCUT2D eigenvalue weighted by Crippen LogP contribution is 2.32. The van der Waals surface area contributed by atoms with Crippen LogP contribution in [0.25, 0.3) is 0 Å². The maximum absolute atomic E-state index is 11.4. The van der Waals surface area contributed by atoms with Crippen LogP contribution in [-0.2, 0) is 30.8 Å². The molecule has 0 aliphatic heterocycles. The summed E-state index contributed by atoms with van der Waals surface area (Å²) in [7, 11) is 0. The predicted octanol–water partition coefficient (Wildman–Crippen LogP) is 6.03. The van der Waals surface area contributed by atoms with E-state index in [0.717, 1.165) is 16.2 Å². The third kappa shape index (κ3) is 6.86. The normalized spacial score (nSPS) is 11.8. The first-order valence-electron chi connectivity index (χ1n) is 11.8. The maximum atomic E-state index is 11.4. The van der Waals surface area contributed by atoms with Crippen molar-refractivity contribution in [2.45, 2.75) is 63.4 Å². The van der Waals surface area contributed by atoms with E-state index in [1.165, 1.54) is 28.5 Å². The van der Waals surface area contributed by atoms with Crippen LogP contribution >= 0.6 is 11.8 Å². The second kappa shape index (κ2) is 11.1. The Hall–Kier alpha value is -3.36. The zero-order chi connectivity index (χ0) is 25.7. The van der Waals surface area contributed by atoms with E-state index in [9.17, 15) is 9.90 Å². The number of benzene rings is 2. The zero-order valence-electron chi connectivity index (χ0n) is 21.0. The number of aryl methyl sites for hydroxylation is 2. The maximum Gasteiger partial charge on any atom is 0.319 e. The fraction of sp³-hybridized carbons (Fsp3) is 0.321. The molecule has 4 rings (SSSR count). The van der Waals surface area contributed by atoms with E-state index in [2.05, 4.69) is 47.1 Å². The fourth-order valence-corrected chi connectivity index (χ4v) is 4.83. The van der Waals surface area contributed by atoms with Crippen LogP contribution in [0.15, 0.2) is 74.7 Å². The number of aliphatic carboxylic acids is 1. The minimum absolute atomic E-state index is 0.475. The highest BCUT2D eigenvalue weighted by molar-refractivity contribution is 8.01. The van der Waals surface area contributed by atoms with Gasteiger partial charge in [-0.3, -0.25) is 9.69 Å². The summed E-state index contributed by atoms with van der Waals surface area (Å²) in [6.45, 7) is 9.30. The first-order valence-corrected chi connectivity index (χ1v) is 12.6. The number of nitrogens with zero attached hydrogens (tertiary/aromatic N) is 3. The SMILES string of the molecule is Cc1ccc(Cc2noc(CN(Cc3ccc(SC(C)(C)C(=O)O)cc3)Cc3ccco3)n2)c(C)c1. The van der Waals surface area contributed by atoms with E-state index in [4.69, 9.17) is 8.94 Å². The average molecular weight is 506 g/mol. The Balaban J connectivity index is 1.45. The first kappa shape index (κ1) is 25.7. The van der Waals surface area contributed by atoms with E-state index in [1.807, 2.05) is 36.4 Å². The van der Waals surface area contributed by atoms with Crippen molar-refractivity contribution in [3.05, 3.63) is 101 Å². The third-order valence-corrected chi connectivity index (χ3v) is 7.09. The van der Waals surface area contributed by atoms with Gasteiger partial charge in [0.15, 0.2) is 5.82 Å². The van der Waals surface area contributed by atoms with Gasteiger partial charge in [-0.1, -0.05) is 41.1 Å². The van der Waals surface area contributed by atoms with Crippen molar-refractivity contribution in [3.8, 4) is 0 Å². The quantitative estimate of drug-likeness (QED) is 0.247. The zero-order valence-corrected chi connectivity index (χ0v) is 21.8. The molecule has 4 aromatic rings.